The average Bonchev–Trinajstić information content (AvgIpc) is 3.00. The molecule has 1 aliphatic rings. The minimum absolute atomic E-state index is 0.00137. The van der Waals surface area contributed by atoms with Crippen molar-refractivity contribution in [3.63, 3.8) is 0 Å². The molecule has 3 rings (SSSR count). The van der Waals surface area contributed by atoms with Crippen LogP contribution >= 0.6 is 11.8 Å². The number of piperidine rings is 1. The number of aromatic nitrogens is 2. The smallest absolute Gasteiger partial charge is 0.240 e. The minimum Gasteiger partial charge on any atom is -0.392 e. The van der Waals surface area contributed by atoms with E-state index in [1.807, 2.05) is 42.4 Å². The number of aliphatic hydroxyl groups is 1. The normalized spacial score (nSPS) is 18.4. The van der Waals surface area contributed by atoms with E-state index in [9.17, 15) is 4.79 Å². The average molecular weight is 331 g/mol. The second kappa shape index (κ2) is 7.19. The van der Waals surface area contributed by atoms with Crippen LogP contribution in [0.4, 0.5) is 5.69 Å². The molecule has 122 valence electrons. The maximum atomic E-state index is 12.7. The van der Waals surface area contributed by atoms with Gasteiger partial charge in [-0.2, -0.15) is 5.10 Å². The van der Waals surface area contributed by atoms with Crippen LogP contribution in [-0.4, -0.2) is 32.6 Å². The Balaban J connectivity index is 1.62. The Hall–Kier alpha value is -1.79. The standard InChI is InChI=1S/C17H21N3O2S/c1-19-10-15(9-18-19)20-8-2-3-16(17(20)22)23-12-14-6-4-13(11-21)5-7-14/h4-7,9-10,16,21H,2-3,8,11-12H2,1H3. The monoisotopic (exact) mass is 331 g/mol. The summed E-state index contributed by atoms with van der Waals surface area (Å²) in [7, 11) is 1.86. The Morgan fingerprint density at radius 3 is 2.70 bits per heavy atom. The third-order valence-electron chi connectivity index (χ3n) is 4.05. The van der Waals surface area contributed by atoms with Crippen LogP contribution in [0.5, 0.6) is 0 Å². The summed E-state index contributed by atoms with van der Waals surface area (Å²) in [6.45, 7) is 0.835. The van der Waals surface area contributed by atoms with E-state index in [2.05, 4.69) is 5.10 Å². The Kier molecular flexibility index (Phi) is 5.03. The topological polar surface area (TPSA) is 58.4 Å². The van der Waals surface area contributed by atoms with Gasteiger partial charge >= 0.3 is 0 Å². The molecule has 5 nitrogen and oxygen atoms in total. The van der Waals surface area contributed by atoms with E-state index in [4.69, 9.17) is 5.11 Å². The summed E-state index contributed by atoms with van der Waals surface area (Å²) in [5, 5.41) is 13.2. The first kappa shape index (κ1) is 16.1. The first-order valence-electron chi connectivity index (χ1n) is 7.77. The van der Waals surface area contributed by atoms with E-state index in [0.29, 0.717) is 0 Å². The highest BCUT2D eigenvalue weighted by Gasteiger charge is 2.30. The van der Waals surface area contributed by atoms with Crippen LogP contribution < -0.4 is 4.90 Å². The SMILES string of the molecule is Cn1cc(N2CCCC(SCc3ccc(CO)cc3)C2=O)cn1. The van der Waals surface area contributed by atoms with Crippen molar-refractivity contribution in [2.24, 2.45) is 7.05 Å². The number of aryl methyl sites for hydroxylation is 1. The van der Waals surface area contributed by atoms with Crippen molar-refractivity contribution >= 4 is 23.4 Å². The largest absolute Gasteiger partial charge is 0.392 e. The molecule has 1 atom stereocenters. The second-order valence-corrected chi connectivity index (χ2v) is 6.97. The van der Waals surface area contributed by atoms with Gasteiger partial charge < -0.3 is 10.0 Å². The van der Waals surface area contributed by atoms with Crippen molar-refractivity contribution in [2.45, 2.75) is 30.5 Å². The van der Waals surface area contributed by atoms with Gasteiger partial charge in [0, 0.05) is 25.5 Å². The first-order chi connectivity index (χ1) is 11.2. The summed E-state index contributed by atoms with van der Waals surface area (Å²) < 4.78 is 1.72. The second-order valence-electron chi connectivity index (χ2n) is 5.78. The lowest BCUT2D eigenvalue weighted by atomic mass is 10.1. The van der Waals surface area contributed by atoms with E-state index in [0.717, 1.165) is 36.4 Å². The molecular weight excluding hydrogens is 310 g/mol. The molecule has 1 saturated heterocycles. The Labute approximate surface area is 140 Å². The van der Waals surface area contributed by atoms with Crippen molar-refractivity contribution in [3.05, 3.63) is 47.8 Å². The fraction of sp³-hybridized carbons (Fsp3) is 0.412. The van der Waals surface area contributed by atoms with Crippen molar-refractivity contribution in [3.8, 4) is 0 Å². The van der Waals surface area contributed by atoms with Gasteiger partial charge in [0.1, 0.15) is 0 Å². The maximum absolute atomic E-state index is 12.7. The molecule has 2 heterocycles. The van der Waals surface area contributed by atoms with Gasteiger partial charge in [0.2, 0.25) is 5.91 Å². The predicted octanol–water partition coefficient (Wildman–Crippen LogP) is 2.34. The fourth-order valence-corrected chi connectivity index (χ4v) is 3.93. The third-order valence-corrected chi connectivity index (χ3v) is 5.39. The van der Waals surface area contributed by atoms with Gasteiger partial charge in [0.25, 0.3) is 0 Å². The van der Waals surface area contributed by atoms with Gasteiger partial charge in [-0.3, -0.25) is 9.48 Å². The summed E-state index contributed by atoms with van der Waals surface area (Å²) in [4.78, 5) is 14.5. The lowest BCUT2D eigenvalue weighted by Crippen LogP contribution is -2.42. The number of nitrogens with zero attached hydrogens (tertiary/aromatic N) is 3. The van der Waals surface area contributed by atoms with Crippen LogP contribution in [-0.2, 0) is 24.2 Å². The highest BCUT2D eigenvalue weighted by Crippen LogP contribution is 2.29. The number of amides is 1. The van der Waals surface area contributed by atoms with Crippen LogP contribution in [0.15, 0.2) is 36.7 Å². The number of carbonyl (C=O) groups is 1. The zero-order valence-electron chi connectivity index (χ0n) is 13.2. The molecule has 2 aromatic rings. The van der Waals surface area contributed by atoms with Crippen LogP contribution in [0.1, 0.15) is 24.0 Å². The quantitative estimate of drug-likeness (QED) is 0.914. The highest BCUT2D eigenvalue weighted by molar-refractivity contribution is 7.99. The minimum atomic E-state index is 0.00137. The summed E-state index contributed by atoms with van der Waals surface area (Å²) in [6, 6.07) is 7.90. The number of carbonyl (C=O) groups excluding carboxylic acids is 1. The molecule has 1 fully saturated rings. The molecule has 1 amide bonds. The van der Waals surface area contributed by atoms with E-state index in [1.165, 1.54) is 5.56 Å². The molecule has 1 aliphatic heterocycles. The van der Waals surface area contributed by atoms with E-state index in [1.54, 1.807) is 22.6 Å². The van der Waals surface area contributed by atoms with Gasteiger partial charge in [-0.25, -0.2) is 0 Å². The van der Waals surface area contributed by atoms with Crippen LogP contribution in [0.2, 0.25) is 0 Å². The number of anilines is 1. The Morgan fingerprint density at radius 2 is 2.04 bits per heavy atom. The fourth-order valence-electron chi connectivity index (χ4n) is 2.74. The van der Waals surface area contributed by atoms with Crippen LogP contribution in [0, 0.1) is 0 Å². The van der Waals surface area contributed by atoms with Gasteiger partial charge in [-0.1, -0.05) is 24.3 Å². The molecular formula is C17H21N3O2S. The van der Waals surface area contributed by atoms with Crippen LogP contribution in [0.25, 0.3) is 0 Å². The predicted molar refractivity (Wildman–Crippen MR) is 92.2 cm³/mol. The van der Waals surface area contributed by atoms with Crippen molar-refractivity contribution < 1.29 is 9.90 Å². The van der Waals surface area contributed by atoms with Crippen molar-refractivity contribution in [1.29, 1.82) is 0 Å². The number of benzene rings is 1. The molecule has 0 radical (unpaired) electrons. The van der Waals surface area contributed by atoms with E-state index >= 15 is 0 Å². The molecule has 1 unspecified atom stereocenters. The number of aliphatic hydroxyl groups excluding tert-OH is 1. The molecule has 6 heteroatoms. The van der Waals surface area contributed by atoms with Crippen LogP contribution in [0.3, 0.4) is 0 Å². The number of rotatable bonds is 5. The molecule has 23 heavy (non-hydrogen) atoms. The van der Waals surface area contributed by atoms with E-state index < -0.39 is 0 Å². The Morgan fingerprint density at radius 1 is 1.30 bits per heavy atom. The third kappa shape index (κ3) is 3.76. The van der Waals surface area contributed by atoms with Crippen molar-refractivity contribution in [2.75, 3.05) is 11.4 Å². The summed E-state index contributed by atoms with van der Waals surface area (Å²) in [5.41, 5.74) is 2.98. The van der Waals surface area contributed by atoms with Gasteiger partial charge in [-0.05, 0) is 24.0 Å². The number of thioether (sulfide) groups is 1. The molecule has 0 aliphatic carbocycles. The number of hydrogen-bond acceptors (Lipinski definition) is 4. The van der Waals surface area contributed by atoms with Gasteiger partial charge in [0.15, 0.2) is 0 Å². The molecule has 0 saturated carbocycles. The highest BCUT2D eigenvalue weighted by atomic mass is 32.2. The zero-order chi connectivity index (χ0) is 16.2. The van der Waals surface area contributed by atoms with E-state index in [-0.39, 0.29) is 17.8 Å². The molecule has 1 N–H and O–H groups in total. The Bertz CT molecular complexity index is 669. The summed E-state index contributed by atoms with van der Waals surface area (Å²) >= 11 is 1.70. The van der Waals surface area contributed by atoms with Crippen molar-refractivity contribution in [1.82, 2.24) is 9.78 Å². The van der Waals surface area contributed by atoms with Gasteiger partial charge in [-0.15, -0.1) is 11.8 Å². The molecule has 1 aromatic carbocycles. The molecule has 1 aromatic heterocycles. The lowest BCUT2D eigenvalue weighted by Gasteiger charge is -2.31. The van der Waals surface area contributed by atoms with Gasteiger partial charge in [0.05, 0.1) is 23.7 Å². The maximum Gasteiger partial charge on any atom is 0.240 e. The summed E-state index contributed by atoms with van der Waals surface area (Å²) in [5.74, 6) is 0.990. The summed E-state index contributed by atoms with van der Waals surface area (Å²) in [6.07, 6.45) is 5.58. The molecule has 0 bridgehead atoms. The molecule has 0 spiro atoms. The zero-order valence-corrected chi connectivity index (χ0v) is 14.0. The number of hydrogen-bond donors (Lipinski definition) is 1. The lowest BCUT2D eigenvalue weighted by molar-refractivity contribution is -0.119. The first-order valence-corrected chi connectivity index (χ1v) is 8.82.